The lowest BCUT2D eigenvalue weighted by Gasteiger charge is -2.45. The largest absolute Gasteiger partial charge is 0.317 e. The van der Waals surface area contributed by atoms with Crippen molar-refractivity contribution in [3.63, 3.8) is 0 Å². The van der Waals surface area contributed by atoms with Crippen LogP contribution in [0.3, 0.4) is 0 Å². The van der Waals surface area contributed by atoms with Crippen molar-refractivity contribution in [2.45, 2.75) is 65.5 Å². The maximum atomic E-state index is 12.7. The number of hydrogen-bond acceptors (Lipinski definition) is 3. The molecule has 1 fully saturated rings. The maximum Gasteiger partial charge on any atom is 0.158 e. The van der Waals surface area contributed by atoms with Gasteiger partial charge in [-0.2, -0.15) is 0 Å². The number of Topliss-reactive ketones (excluding diaryl/α,β-unsaturated/α-hetero) is 1. The second-order valence-electron chi connectivity index (χ2n) is 7.29. The van der Waals surface area contributed by atoms with E-state index in [0.29, 0.717) is 5.78 Å². The molecular formula is C14H28N2O. The topological polar surface area (TPSA) is 41.1 Å². The molecule has 0 bridgehead atoms. The molecule has 0 aliphatic carbocycles. The van der Waals surface area contributed by atoms with Gasteiger partial charge in [0.25, 0.3) is 0 Å². The summed E-state index contributed by atoms with van der Waals surface area (Å²) in [7, 11) is 0. The fraction of sp³-hybridized carbons (Fsp3) is 0.929. The van der Waals surface area contributed by atoms with Crippen molar-refractivity contribution < 1.29 is 4.79 Å². The molecule has 0 saturated carbocycles. The molecule has 1 heterocycles. The molecule has 1 rings (SSSR count). The molecule has 3 heteroatoms. The van der Waals surface area contributed by atoms with E-state index in [0.717, 1.165) is 25.9 Å². The van der Waals surface area contributed by atoms with Crippen molar-refractivity contribution in [2.75, 3.05) is 13.1 Å². The van der Waals surface area contributed by atoms with Crippen LogP contribution in [0, 0.1) is 5.41 Å². The average molecular weight is 240 g/mol. The predicted molar refractivity (Wildman–Crippen MR) is 72.2 cm³/mol. The van der Waals surface area contributed by atoms with Crippen molar-refractivity contribution in [2.24, 2.45) is 5.41 Å². The molecule has 0 aromatic carbocycles. The summed E-state index contributed by atoms with van der Waals surface area (Å²) in [4.78, 5) is 12.7. The van der Waals surface area contributed by atoms with E-state index < -0.39 is 0 Å². The Morgan fingerprint density at radius 3 is 1.88 bits per heavy atom. The third-order valence-electron chi connectivity index (χ3n) is 3.19. The molecule has 2 N–H and O–H groups in total. The summed E-state index contributed by atoms with van der Waals surface area (Å²) in [6.07, 6.45) is 1.78. The molecule has 0 atom stereocenters. The molecule has 0 spiro atoms. The van der Waals surface area contributed by atoms with E-state index in [1.807, 2.05) is 20.8 Å². The van der Waals surface area contributed by atoms with Gasteiger partial charge in [-0.1, -0.05) is 20.8 Å². The van der Waals surface area contributed by atoms with Gasteiger partial charge in [-0.3, -0.25) is 4.79 Å². The molecule has 0 unspecified atom stereocenters. The Balaban J connectivity index is 2.97. The Kier molecular flexibility index (Phi) is 4.04. The fourth-order valence-corrected chi connectivity index (χ4v) is 2.70. The third kappa shape index (κ3) is 3.78. The van der Waals surface area contributed by atoms with Crippen LogP contribution >= 0.6 is 0 Å². The number of piperidine rings is 1. The number of hydrogen-bond donors (Lipinski definition) is 2. The van der Waals surface area contributed by atoms with Crippen LogP contribution in [-0.4, -0.2) is 30.0 Å². The number of nitrogens with one attached hydrogen (secondary N) is 2. The predicted octanol–water partition coefficient (Wildman–Crippen LogP) is 2.11. The Morgan fingerprint density at radius 1 is 1.06 bits per heavy atom. The van der Waals surface area contributed by atoms with Crippen LogP contribution < -0.4 is 10.6 Å². The van der Waals surface area contributed by atoms with Gasteiger partial charge in [0.2, 0.25) is 0 Å². The molecule has 1 aliphatic rings. The molecular weight excluding hydrogens is 212 g/mol. The zero-order chi connectivity index (χ0) is 13.3. The molecule has 17 heavy (non-hydrogen) atoms. The highest BCUT2D eigenvalue weighted by Crippen LogP contribution is 2.31. The van der Waals surface area contributed by atoms with E-state index in [9.17, 15) is 4.79 Å². The zero-order valence-electron chi connectivity index (χ0n) is 12.2. The number of carbonyl (C=O) groups is 1. The summed E-state index contributed by atoms with van der Waals surface area (Å²) in [6, 6.07) is 0. The van der Waals surface area contributed by atoms with Gasteiger partial charge in [0, 0.05) is 11.0 Å². The van der Waals surface area contributed by atoms with Crippen LogP contribution in [0.25, 0.3) is 0 Å². The Labute approximate surface area is 106 Å². The van der Waals surface area contributed by atoms with Gasteiger partial charge in [0.05, 0.1) is 5.54 Å². The highest BCUT2D eigenvalue weighted by atomic mass is 16.1. The van der Waals surface area contributed by atoms with E-state index in [1.165, 1.54) is 0 Å². The van der Waals surface area contributed by atoms with Crippen LogP contribution in [0.4, 0.5) is 0 Å². The van der Waals surface area contributed by atoms with Gasteiger partial charge in [0.15, 0.2) is 5.78 Å². The molecule has 100 valence electrons. The van der Waals surface area contributed by atoms with Gasteiger partial charge in [0.1, 0.15) is 0 Å². The number of carbonyl (C=O) groups excluding carboxylic acids is 1. The quantitative estimate of drug-likeness (QED) is 0.777. The van der Waals surface area contributed by atoms with E-state index in [-0.39, 0.29) is 16.5 Å². The highest BCUT2D eigenvalue weighted by molar-refractivity contribution is 5.93. The molecule has 0 aromatic rings. The van der Waals surface area contributed by atoms with E-state index in [2.05, 4.69) is 31.4 Å². The smallest absolute Gasteiger partial charge is 0.158 e. The summed E-state index contributed by atoms with van der Waals surface area (Å²) in [6.45, 7) is 14.3. The first-order valence-corrected chi connectivity index (χ1v) is 6.62. The zero-order valence-corrected chi connectivity index (χ0v) is 12.2. The van der Waals surface area contributed by atoms with E-state index >= 15 is 0 Å². The van der Waals surface area contributed by atoms with Crippen molar-refractivity contribution in [3.05, 3.63) is 0 Å². The summed E-state index contributed by atoms with van der Waals surface area (Å²) >= 11 is 0. The van der Waals surface area contributed by atoms with Gasteiger partial charge in [-0.05, 0) is 46.7 Å². The van der Waals surface area contributed by atoms with E-state index in [1.54, 1.807) is 0 Å². The van der Waals surface area contributed by atoms with Gasteiger partial charge < -0.3 is 10.6 Å². The minimum Gasteiger partial charge on any atom is -0.317 e. The van der Waals surface area contributed by atoms with Crippen molar-refractivity contribution in [3.8, 4) is 0 Å². The first kappa shape index (κ1) is 14.7. The lowest BCUT2D eigenvalue weighted by Crippen LogP contribution is -2.65. The third-order valence-corrected chi connectivity index (χ3v) is 3.19. The minimum atomic E-state index is -0.345. The van der Waals surface area contributed by atoms with Gasteiger partial charge in [-0.25, -0.2) is 0 Å². The molecule has 1 saturated heterocycles. The van der Waals surface area contributed by atoms with Crippen LogP contribution in [0.5, 0.6) is 0 Å². The highest BCUT2D eigenvalue weighted by Gasteiger charge is 2.45. The Hall–Kier alpha value is -0.410. The fourth-order valence-electron chi connectivity index (χ4n) is 2.70. The average Bonchev–Trinajstić information content (AvgIpc) is 2.14. The van der Waals surface area contributed by atoms with Gasteiger partial charge >= 0.3 is 0 Å². The first-order valence-electron chi connectivity index (χ1n) is 6.62. The minimum absolute atomic E-state index is 0.0295. The monoisotopic (exact) mass is 240 g/mol. The maximum absolute atomic E-state index is 12.7. The van der Waals surface area contributed by atoms with E-state index in [4.69, 9.17) is 0 Å². The van der Waals surface area contributed by atoms with Crippen molar-refractivity contribution in [1.29, 1.82) is 0 Å². The Morgan fingerprint density at radius 2 is 1.53 bits per heavy atom. The van der Waals surface area contributed by atoms with Crippen LogP contribution in [-0.2, 0) is 4.79 Å². The lowest BCUT2D eigenvalue weighted by atomic mass is 9.72. The number of ketones is 1. The first-order chi connectivity index (χ1) is 7.57. The normalized spacial score (nSPS) is 21.3. The second-order valence-corrected chi connectivity index (χ2v) is 7.29. The molecule has 0 aromatic heterocycles. The standard InChI is InChI=1S/C14H28N2O/c1-12(2,3)11(17)14(16-13(4,5)6)7-9-15-10-8-14/h15-16H,7-10H2,1-6H3. The SMILES string of the molecule is CC(C)(C)NC1(C(=O)C(C)(C)C)CCNCC1. The second kappa shape index (κ2) is 4.69. The molecule has 0 amide bonds. The van der Waals surface area contributed by atoms with Crippen LogP contribution in [0.1, 0.15) is 54.4 Å². The van der Waals surface area contributed by atoms with Crippen molar-refractivity contribution in [1.82, 2.24) is 10.6 Å². The van der Waals surface area contributed by atoms with Crippen LogP contribution in [0.15, 0.2) is 0 Å². The summed E-state index contributed by atoms with van der Waals surface area (Å²) in [5.41, 5.74) is -0.657. The lowest BCUT2D eigenvalue weighted by molar-refractivity contribution is -0.135. The van der Waals surface area contributed by atoms with Crippen LogP contribution in [0.2, 0.25) is 0 Å². The summed E-state index contributed by atoms with van der Waals surface area (Å²) in [5, 5.41) is 6.93. The summed E-state index contributed by atoms with van der Waals surface area (Å²) < 4.78 is 0. The Bertz CT molecular complexity index is 278. The number of rotatable bonds is 2. The molecule has 0 radical (unpaired) electrons. The van der Waals surface area contributed by atoms with Crippen molar-refractivity contribution >= 4 is 5.78 Å². The molecule has 1 aliphatic heterocycles. The molecule has 3 nitrogen and oxygen atoms in total. The summed E-state index contributed by atoms with van der Waals surface area (Å²) in [5.74, 6) is 0.349. The van der Waals surface area contributed by atoms with Gasteiger partial charge in [-0.15, -0.1) is 0 Å².